The van der Waals surface area contributed by atoms with Gasteiger partial charge < -0.3 is 14.8 Å². The van der Waals surface area contributed by atoms with E-state index in [-0.39, 0.29) is 30.6 Å². The second-order valence-corrected chi connectivity index (χ2v) is 13.4. The van der Waals surface area contributed by atoms with Crippen molar-refractivity contribution in [3.05, 3.63) is 52.6 Å². The number of alkyl halides is 4. The molecule has 240 valence electrons. The number of fused-ring (bicyclic) bond motifs is 4. The third-order valence-electron chi connectivity index (χ3n) is 11.2. The Morgan fingerprint density at radius 2 is 1.87 bits per heavy atom. The van der Waals surface area contributed by atoms with E-state index in [1.165, 1.54) is 5.92 Å². The molecular weight excluding hydrogens is 588 g/mol. The summed E-state index contributed by atoms with van der Waals surface area (Å²) in [6.07, 6.45) is -0.429. The molecule has 3 fully saturated rings. The van der Waals surface area contributed by atoms with Gasteiger partial charge in [-0.1, -0.05) is 35.7 Å². The molecule has 1 aromatic carbocycles. The first-order chi connectivity index (χ1) is 21.4. The summed E-state index contributed by atoms with van der Waals surface area (Å²) in [7, 11) is 0. The molecule has 1 aromatic rings. The van der Waals surface area contributed by atoms with E-state index in [0.29, 0.717) is 37.0 Å². The maximum Gasteiger partial charge on any atom is 0.457 e. The van der Waals surface area contributed by atoms with Gasteiger partial charge >= 0.3 is 12.1 Å². The quantitative estimate of drug-likeness (QED) is 0.124. The number of Topliss-reactive ketones (excluding diaryl/α,β-unsaturated/α-hetero) is 1. The number of halogens is 4. The van der Waals surface area contributed by atoms with Crippen LogP contribution in [0.25, 0.3) is 0 Å². The molecule has 6 nitrogen and oxygen atoms in total. The molecule has 0 amide bonds. The monoisotopic (exact) mass is 626 g/mol. The van der Waals surface area contributed by atoms with Crippen LogP contribution < -0.4 is 4.90 Å². The van der Waals surface area contributed by atoms with E-state index < -0.39 is 41.5 Å². The zero-order valence-electron chi connectivity index (χ0n) is 25.6. The molecule has 0 spiro atoms. The predicted octanol–water partition coefficient (Wildman–Crippen LogP) is 7.08. The standard InChI is InChI=1S/C35H38F4N2O4/c1-21(42)45-20-31(43)34(13-14-35(37,38)39)12-11-29-27-18-30(36)26-17-23(40-44)7-10-25(26)32(27)28(19-33(29,34)2)22-5-8-24(9-6-22)41-15-3-4-16-41/h5-6,8-9,17,27-30,44H,3-4,7,10-12,15-16,18-20H2,1-2H3/t27-,28+,29-,30?,33-,34-/m0/s1. The highest BCUT2D eigenvalue weighted by Gasteiger charge is 2.66. The Bertz CT molecular complexity index is 1530. The minimum absolute atomic E-state index is 0.0675. The van der Waals surface area contributed by atoms with Crippen LogP contribution in [0.5, 0.6) is 0 Å². The van der Waals surface area contributed by atoms with Gasteiger partial charge in [0.2, 0.25) is 0 Å². The van der Waals surface area contributed by atoms with Crippen molar-refractivity contribution in [2.45, 2.75) is 83.5 Å². The van der Waals surface area contributed by atoms with Gasteiger partial charge in [-0.05, 0) is 104 Å². The van der Waals surface area contributed by atoms with Crippen LogP contribution >= 0.6 is 0 Å². The highest BCUT2D eigenvalue weighted by atomic mass is 19.4. The van der Waals surface area contributed by atoms with E-state index in [1.54, 1.807) is 6.08 Å². The number of carbonyl (C=O) groups is 2. The fraction of sp³-hybridized carbons (Fsp3) is 0.571. The Balaban J connectivity index is 1.51. The molecule has 1 unspecified atom stereocenters. The number of oxime groups is 1. The Morgan fingerprint density at radius 1 is 1.16 bits per heavy atom. The lowest BCUT2D eigenvalue weighted by molar-refractivity contribution is -0.150. The molecule has 6 rings (SSSR count). The number of nitrogens with zero attached hydrogens (tertiary/aromatic N) is 2. The third-order valence-corrected chi connectivity index (χ3v) is 11.2. The summed E-state index contributed by atoms with van der Waals surface area (Å²) >= 11 is 0. The molecule has 1 aliphatic heterocycles. The number of benzene rings is 1. The third kappa shape index (κ3) is 5.46. The fourth-order valence-electron chi connectivity index (χ4n) is 9.14. The summed E-state index contributed by atoms with van der Waals surface area (Å²) < 4.78 is 61.9. The first-order valence-electron chi connectivity index (χ1n) is 15.8. The van der Waals surface area contributed by atoms with Crippen molar-refractivity contribution >= 4 is 23.2 Å². The first kappa shape index (κ1) is 31.4. The molecule has 0 radical (unpaired) electrons. The Kier molecular flexibility index (Phi) is 8.11. The van der Waals surface area contributed by atoms with Gasteiger partial charge in [-0.15, -0.1) is 0 Å². The SMILES string of the molecule is CC(=O)OCC(=O)[C@@]1(C#CC(F)(F)F)CC[C@H]2[C@@H]3CC(F)C4=CC(=NO)CCC4=C3[C@@H](c3ccc(N4CCCC4)cc3)C[C@@]21C. The minimum atomic E-state index is -4.82. The van der Waals surface area contributed by atoms with Crippen LogP contribution in [0.2, 0.25) is 0 Å². The average Bonchev–Trinajstić information content (AvgIpc) is 3.65. The number of allylic oxidation sites excluding steroid dienone is 4. The molecule has 45 heavy (non-hydrogen) atoms. The van der Waals surface area contributed by atoms with Gasteiger partial charge in [0, 0.05) is 37.5 Å². The van der Waals surface area contributed by atoms with Crippen LogP contribution in [0.4, 0.5) is 23.2 Å². The smallest absolute Gasteiger partial charge is 0.457 e. The fourth-order valence-corrected chi connectivity index (χ4v) is 9.14. The lowest BCUT2D eigenvalue weighted by atomic mass is 9.48. The average molecular weight is 627 g/mol. The van der Waals surface area contributed by atoms with E-state index in [0.717, 1.165) is 55.3 Å². The number of hydrogen-bond donors (Lipinski definition) is 1. The zero-order chi connectivity index (χ0) is 32.1. The van der Waals surface area contributed by atoms with Crippen molar-refractivity contribution in [2.24, 2.45) is 27.8 Å². The van der Waals surface area contributed by atoms with E-state index in [1.807, 2.05) is 6.92 Å². The minimum Gasteiger partial charge on any atom is -0.458 e. The lowest BCUT2D eigenvalue weighted by Crippen LogP contribution is -2.52. The van der Waals surface area contributed by atoms with Crippen molar-refractivity contribution in [3.63, 3.8) is 0 Å². The van der Waals surface area contributed by atoms with Crippen LogP contribution in [0.1, 0.15) is 76.7 Å². The van der Waals surface area contributed by atoms with Crippen LogP contribution in [-0.4, -0.2) is 54.7 Å². The van der Waals surface area contributed by atoms with Crippen molar-refractivity contribution in [1.82, 2.24) is 0 Å². The normalized spacial score (nSPS) is 33.5. The Morgan fingerprint density at radius 3 is 2.51 bits per heavy atom. The van der Waals surface area contributed by atoms with Crippen molar-refractivity contribution in [1.29, 1.82) is 0 Å². The van der Waals surface area contributed by atoms with Crippen molar-refractivity contribution in [3.8, 4) is 11.8 Å². The van der Waals surface area contributed by atoms with Gasteiger partial charge in [0.15, 0.2) is 12.4 Å². The molecule has 1 N–H and O–H groups in total. The van der Waals surface area contributed by atoms with Crippen molar-refractivity contribution in [2.75, 3.05) is 24.6 Å². The van der Waals surface area contributed by atoms with Crippen LogP contribution in [0, 0.1) is 34.5 Å². The maximum atomic E-state index is 16.1. The van der Waals surface area contributed by atoms with Crippen LogP contribution in [0.3, 0.4) is 0 Å². The summed E-state index contributed by atoms with van der Waals surface area (Å²) in [5.41, 5.74) is 2.18. The number of ether oxygens (including phenoxy) is 1. The molecule has 1 heterocycles. The lowest BCUT2D eigenvalue weighted by Gasteiger charge is -2.55. The molecular formula is C35H38F4N2O4. The molecule has 4 aliphatic carbocycles. The molecule has 2 saturated carbocycles. The van der Waals surface area contributed by atoms with E-state index >= 15 is 4.39 Å². The maximum absolute atomic E-state index is 16.1. The number of rotatable bonds is 5. The number of ketones is 1. The topological polar surface area (TPSA) is 79.2 Å². The van der Waals surface area contributed by atoms with Gasteiger partial charge in [-0.25, -0.2) is 4.39 Å². The Hall–Kier alpha value is -3.61. The van der Waals surface area contributed by atoms with E-state index in [4.69, 9.17) is 4.74 Å². The van der Waals surface area contributed by atoms with Gasteiger partial charge in [0.05, 0.1) is 11.1 Å². The number of hydrogen-bond acceptors (Lipinski definition) is 6. The van der Waals surface area contributed by atoms with Crippen LogP contribution in [-0.2, 0) is 14.3 Å². The highest BCUT2D eigenvalue weighted by molar-refractivity contribution is 5.97. The molecule has 0 aromatic heterocycles. The second-order valence-electron chi connectivity index (χ2n) is 13.4. The van der Waals surface area contributed by atoms with Gasteiger partial charge in [-0.2, -0.15) is 13.2 Å². The van der Waals surface area contributed by atoms with Crippen molar-refractivity contribution < 1.29 is 37.1 Å². The van der Waals surface area contributed by atoms with E-state index in [2.05, 4.69) is 40.2 Å². The molecule has 10 heteroatoms. The molecule has 6 atom stereocenters. The number of esters is 1. The zero-order valence-corrected chi connectivity index (χ0v) is 25.6. The van der Waals surface area contributed by atoms with E-state index in [9.17, 15) is 28.0 Å². The molecule has 0 bridgehead atoms. The summed E-state index contributed by atoms with van der Waals surface area (Å²) in [4.78, 5) is 27.9. The van der Waals surface area contributed by atoms with Gasteiger partial charge in [-0.3, -0.25) is 9.59 Å². The number of carbonyl (C=O) groups excluding carboxylic acids is 2. The summed E-state index contributed by atoms with van der Waals surface area (Å²) in [5, 5.41) is 12.8. The van der Waals surface area contributed by atoms with Gasteiger partial charge in [0.1, 0.15) is 6.17 Å². The summed E-state index contributed by atoms with van der Waals surface area (Å²) in [6, 6.07) is 8.25. The van der Waals surface area contributed by atoms with Gasteiger partial charge in [0.25, 0.3) is 0 Å². The summed E-state index contributed by atoms with van der Waals surface area (Å²) in [6.45, 7) is 4.27. The number of anilines is 1. The molecule has 5 aliphatic rings. The molecule has 1 saturated heterocycles. The van der Waals surface area contributed by atoms with Crippen LogP contribution in [0.15, 0.2) is 52.2 Å². The second kappa shape index (κ2) is 11.6. The largest absolute Gasteiger partial charge is 0.458 e. The summed E-state index contributed by atoms with van der Waals surface area (Å²) in [5.74, 6) is 1.54. The Labute approximate surface area is 260 Å². The highest BCUT2D eigenvalue weighted by Crippen LogP contribution is 2.70. The predicted molar refractivity (Wildman–Crippen MR) is 161 cm³/mol. The first-order valence-corrected chi connectivity index (χ1v) is 15.8.